The maximum absolute atomic E-state index is 12.5. The van der Waals surface area contributed by atoms with Crippen LogP contribution in [-0.4, -0.2) is 15.7 Å². The molecule has 1 heterocycles. The van der Waals surface area contributed by atoms with Crippen molar-refractivity contribution in [3.8, 4) is 6.19 Å². The van der Waals surface area contributed by atoms with Crippen molar-refractivity contribution >= 4 is 5.69 Å². The van der Waals surface area contributed by atoms with Crippen LogP contribution in [0.3, 0.4) is 0 Å². The number of nitrogens with zero attached hydrogens (tertiary/aromatic N) is 4. The second-order valence-corrected chi connectivity index (χ2v) is 4.80. The first kappa shape index (κ1) is 15.9. The highest BCUT2D eigenvalue weighted by Gasteiger charge is 2.29. The number of rotatable bonds is 5. The normalized spacial score (nSPS) is 11.2. The molecule has 0 N–H and O–H groups in total. The number of alkyl halides is 3. The monoisotopic (exact) mass is 308 g/mol. The SMILES string of the molecule is CCc1cccc(N(C#N)Cc2nccn2CC(F)(F)F)c1. The van der Waals surface area contributed by atoms with Gasteiger partial charge in [-0.3, -0.25) is 4.90 Å². The van der Waals surface area contributed by atoms with Crippen molar-refractivity contribution in [3.63, 3.8) is 0 Å². The zero-order valence-corrected chi connectivity index (χ0v) is 12.0. The van der Waals surface area contributed by atoms with Gasteiger partial charge >= 0.3 is 6.18 Å². The Bertz CT molecular complexity index is 670. The fourth-order valence-electron chi connectivity index (χ4n) is 2.10. The fraction of sp³-hybridized carbons (Fsp3) is 0.333. The van der Waals surface area contributed by atoms with Gasteiger partial charge in [-0.2, -0.15) is 18.4 Å². The summed E-state index contributed by atoms with van der Waals surface area (Å²) in [5.74, 6) is 0.195. The molecule has 0 radical (unpaired) electrons. The van der Waals surface area contributed by atoms with Crippen LogP contribution in [0.2, 0.25) is 0 Å². The highest BCUT2D eigenvalue weighted by molar-refractivity contribution is 5.52. The molecule has 0 saturated carbocycles. The molecule has 2 rings (SSSR count). The van der Waals surface area contributed by atoms with E-state index in [1.807, 2.05) is 31.3 Å². The Labute approximate surface area is 126 Å². The molecule has 22 heavy (non-hydrogen) atoms. The van der Waals surface area contributed by atoms with E-state index < -0.39 is 12.7 Å². The largest absolute Gasteiger partial charge is 0.406 e. The predicted molar refractivity (Wildman–Crippen MR) is 75.9 cm³/mol. The van der Waals surface area contributed by atoms with E-state index in [4.69, 9.17) is 0 Å². The van der Waals surface area contributed by atoms with Gasteiger partial charge in [0.15, 0.2) is 6.19 Å². The van der Waals surface area contributed by atoms with Crippen molar-refractivity contribution in [1.29, 1.82) is 5.26 Å². The first-order chi connectivity index (χ1) is 10.4. The quantitative estimate of drug-likeness (QED) is 0.627. The lowest BCUT2D eigenvalue weighted by molar-refractivity contribution is -0.141. The van der Waals surface area contributed by atoms with Gasteiger partial charge in [0, 0.05) is 12.4 Å². The highest BCUT2D eigenvalue weighted by atomic mass is 19.4. The van der Waals surface area contributed by atoms with E-state index in [2.05, 4.69) is 4.98 Å². The van der Waals surface area contributed by atoms with Crippen LogP contribution in [0.4, 0.5) is 18.9 Å². The topological polar surface area (TPSA) is 44.9 Å². The van der Waals surface area contributed by atoms with Gasteiger partial charge in [-0.05, 0) is 24.1 Å². The van der Waals surface area contributed by atoms with Crippen LogP contribution in [0.5, 0.6) is 0 Å². The van der Waals surface area contributed by atoms with Gasteiger partial charge in [0.25, 0.3) is 0 Å². The summed E-state index contributed by atoms with van der Waals surface area (Å²) in [6, 6.07) is 7.35. The van der Waals surface area contributed by atoms with E-state index in [0.717, 1.165) is 16.6 Å². The summed E-state index contributed by atoms with van der Waals surface area (Å²) in [6.45, 7) is 0.870. The van der Waals surface area contributed by atoms with E-state index in [1.54, 1.807) is 6.07 Å². The molecule has 0 amide bonds. The van der Waals surface area contributed by atoms with Crippen LogP contribution in [0.1, 0.15) is 18.3 Å². The number of halogens is 3. The molecule has 1 aromatic carbocycles. The summed E-state index contributed by atoms with van der Waals surface area (Å²) in [5, 5.41) is 9.28. The van der Waals surface area contributed by atoms with E-state index >= 15 is 0 Å². The second kappa shape index (κ2) is 6.52. The van der Waals surface area contributed by atoms with Gasteiger partial charge in [0.1, 0.15) is 12.4 Å². The highest BCUT2D eigenvalue weighted by Crippen LogP contribution is 2.21. The molecule has 0 unspecified atom stereocenters. The molecule has 0 aliphatic heterocycles. The molecule has 0 bridgehead atoms. The van der Waals surface area contributed by atoms with Crippen molar-refractivity contribution in [1.82, 2.24) is 9.55 Å². The molecular weight excluding hydrogens is 293 g/mol. The third-order valence-electron chi connectivity index (χ3n) is 3.20. The van der Waals surface area contributed by atoms with Gasteiger partial charge in [-0.15, -0.1) is 0 Å². The molecule has 0 atom stereocenters. The van der Waals surface area contributed by atoms with Gasteiger partial charge in [0.2, 0.25) is 0 Å². The molecule has 116 valence electrons. The van der Waals surface area contributed by atoms with Crippen LogP contribution in [-0.2, 0) is 19.5 Å². The Morgan fingerprint density at radius 3 is 2.77 bits per heavy atom. The number of aryl methyl sites for hydroxylation is 1. The number of benzene rings is 1. The van der Waals surface area contributed by atoms with Gasteiger partial charge in [-0.25, -0.2) is 4.98 Å². The average Bonchev–Trinajstić information content (AvgIpc) is 2.89. The Morgan fingerprint density at radius 2 is 2.14 bits per heavy atom. The number of hydrogen-bond acceptors (Lipinski definition) is 3. The fourth-order valence-corrected chi connectivity index (χ4v) is 2.10. The molecule has 1 aromatic heterocycles. The van der Waals surface area contributed by atoms with Crippen molar-refractivity contribution in [2.45, 2.75) is 32.6 Å². The van der Waals surface area contributed by atoms with Crippen LogP contribution < -0.4 is 4.90 Å². The predicted octanol–water partition coefficient (Wildman–Crippen LogP) is 3.50. The van der Waals surface area contributed by atoms with Crippen molar-refractivity contribution in [3.05, 3.63) is 48.0 Å². The summed E-state index contributed by atoms with van der Waals surface area (Å²) in [5.41, 5.74) is 1.69. The molecule has 0 fully saturated rings. The zero-order valence-electron chi connectivity index (χ0n) is 12.0. The number of imidazole rings is 1. The molecule has 4 nitrogen and oxygen atoms in total. The van der Waals surface area contributed by atoms with E-state index in [1.165, 1.54) is 17.3 Å². The zero-order chi connectivity index (χ0) is 16.2. The van der Waals surface area contributed by atoms with Crippen LogP contribution in [0.15, 0.2) is 36.7 Å². The molecule has 0 spiro atoms. The lowest BCUT2D eigenvalue weighted by atomic mass is 10.1. The van der Waals surface area contributed by atoms with E-state index in [9.17, 15) is 18.4 Å². The summed E-state index contributed by atoms with van der Waals surface area (Å²) in [4.78, 5) is 5.25. The Hall–Kier alpha value is -2.49. The molecule has 7 heteroatoms. The first-order valence-electron chi connectivity index (χ1n) is 6.76. The van der Waals surface area contributed by atoms with Crippen LogP contribution >= 0.6 is 0 Å². The first-order valence-corrected chi connectivity index (χ1v) is 6.76. The van der Waals surface area contributed by atoms with Gasteiger partial charge in [-0.1, -0.05) is 19.1 Å². The van der Waals surface area contributed by atoms with E-state index in [0.29, 0.717) is 5.69 Å². The standard InChI is InChI=1S/C15H15F3N4/c1-2-12-4-3-5-13(8-12)22(11-19)9-14-20-6-7-21(14)10-15(16,17)18/h3-8H,2,9-10H2,1H3. The smallest absolute Gasteiger partial charge is 0.324 e. The molecule has 0 saturated heterocycles. The minimum absolute atomic E-state index is 0.00719. The average molecular weight is 308 g/mol. The molecule has 0 aliphatic rings. The lowest BCUT2D eigenvalue weighted by Crippen LogP contribution is -2.23. The number of anilines is 1. The van der Waals surface area contributed by atoms with Gasteiger partial charge in [0.05, 0.1) is 12.2 Å². The number of hydrogen-bond donors (Lipinski definition) is 0. The molecule has 2 aromatic rings. The second-order valence-electron chi connectivity index (χ2n) is 4.80. The maximum Gasteiger partial charge on any atom is 0.406 e. The summed E-state index contributed by atoms with van der Waals surface area (Å²) in [7, 11) is 0. The Morgan fingerprint density at radius 1 is 1.36 bits per heavy atom. The molecule has 0 aliphatic carbocycles. The summed E-state index contributed by atoms with van der Waals surface area (Å²) in [6.07, 6.45) is 1.06. The van der Waals surface area contributed by atoms with Crippen molar-refractivity contribution in [2.24, 2.45) is 0 Å². The lowest BCUT2D eigenvalue weighted by Gasteiger charge is -2.17. The van der Waals surface area contributed by atoms with Crippen LogP contribution in [0, 0.1) is 11.5 Å². The van der Waals surface area contributed by atoms with Gasteiger partial charge < -0.3 is 4.57 Å². The Balaban J connectivity index is 2.21. The molecular formula is C15H15F3N4. The number of aromatic nitrogens is 2. The third kappa shape index (κ3) is 4.01. The summed E-state index contributed by atoms with van der Waals surface area (Å²) >= 11 is 0. The van der Waals surface area contributed by atoms with Crippen LogP contribution in [0.25, 0.3) is 0 Å². The minimum Gasteiger partial charge on any atom is -0.324 e. The van der Waals surface area contributed by atoms with Crippen molar-refractivity contribution < 1.29 is 13.2 Å². The minimum atomic E-state index is -4.32. The third-order valence-corrected chi connectivity index (χ3v) is 3.20. The van der Waals surface area contributed by atoms with Crippen molar-refractivity contribution in [2.75, 3.05) is 4.90 Å². The van der Waals surface area contributed by atoms with E-state index in [-0.39, 0.29) is 12.4 Å². The Kier molecular flexibility index (Phi) is 4.71. The maximum atomic E-state index is 12.5. The number of nitriles is 1. The summed E-state index contributed by atoms with van der Waals surface area (Å²) < 4.78 is 38.5.